The van der Waals surface area contributed by atoms with Gasteiger partial charge >= 0.3 is 5.97 Å². The largest absolute Gasteiger partial charge is 0.496 e. The first-order chi connectivity index (χ1) is 10.9. The van der Waals surface area contributed by atoms with Crippen LogP contribution in [0, 0.1) is 6.92 Å². The van der Waals surface area contributed by atoms with Crippen LogP contribution in [0.3, 0.4) is 0 Å². The zero-order valence-corrected chi connectivity index (χ0v) is 14.3. The minimum absolute atomic E-state index is 0.0117. The second-order valence-electron chi connectivity index (χ2n) is 5.60. The van der Waals surface area contributed by atoms with Gasteiger partial charge in [-0.2, -0.15) is 0 Å². The fraction of sp³-hybridized carbons (Fsp3) is 0.529. The molecule has 0 aromatic heterocycles. The number of carbonyl (C=O) groups excluding carboxylic acids is 1. The van der Waals surface area contributed by atoms with Gasteiger partial charge in [-0.15, -0.1) is 0 Å². The number of amides is 1. The highest BCUT2D eigenvalue weighted by Crippen LogP contribution is 2.29. The monoisotopic (exact) mass is 322 g/mol. The van der Waals surface area contributed by atoms with Crippen molar-refractivity contribution in [2.75, 3.05) is 27.2 Å². The molecule has 0 fully saturated rings. The fourth-order valence-corrected chi connectivity index (χ4v) is 2.40. The minimum atomic E-state index is -1.02. The molecule has 2 N–H and O–H groups in total. The lowest BCUT2D eigenvalue weighted by Gasteiger charge is -2.26. The molecule has 6 heteroatoms. The van der Waals surface area contributed by atoms with Gasteiger partial charge in [0.15, 0.2) is 0 Å². The van der Waals surface area contributed by atoms with Crippen molar-refractivity contribution in [2.24, 2.45) is 0 Å². The topological polar surface area (TPSA) is 78.9 Å². The second-order valence-corrected chi connectivity index (χ2v) is 5.60. The summed E-state index contributed by atoms with van der Waals surface area (Å²) in [6.45, 7) is 4.55. The lowest BCUT2D eigenvalue weighted by Crippen LogP contribution is -2.40. The molecule has 0 saturated carbocycles. The Labute approximate surface area is 137 Å². The van der Waals surface area contributed by atoms with Crippen LogP contribution in [0.15, 0.2) is 18.2 Å². The van der Waals surface area contributed by atoms with E-state index in [4.69, 9.17) is 4.74 Å². The van der Waals surface area contributed by atoms with E-state index in [1.165, 1.54) is 12.0 Å². The molecule has 0 aliphatic rings. The van der Waals surface area contributed by atoms with Crippen LogP contribution in [0.2, 0.25) is 0 Å². The van der Waals surface area contributed by atoms with Gasteiger partial charge < -0.3 is 15.2 Å². The minimum Gasteiger partial charge on any atom is -0.496 e. The van der Waals surface area contributed by atoms with Crippen molar-refractivity contribution in [1.82, 2.24) is 10.2 Å². The number of carboxylic acid groups (broad SMARTS) is 1. The van der Waals surface area contributed by atoms with Crippen molar-refractivity contribution >= 4 is 11.9 Å². The Balaban J connectivity index is 2.92. The Morgan fingerprint density at radius 3 is 2.65 bits per heavy atom. The molecule has 0 aliphatic heterocycles. The number of nitrogens with zero attached hydrogens (tertiary/aromatic N) is 1. The zero-order chi connectivity index (χ0) is 17.4. The maximum absolute atomic E-state index is 11.9. The van der Waals surface area contributed by atoms with E-state index in [0.29, 0.717) is 17.9 Å². The average molecular weight is 322 g/mol. The van der Waals surface area contributed by atoms with Gasteiger partial charge in [0, 0.05) is 12.1 Å². The van der Waals surface area contributed by atoms with Crippen LogP contribution in [0.4, 0.5) is 0 Å². The molecule has 1 aromatic rings. The molecule has 0 aliphatic carbocycles. The van der Waals surface area contributed by atoms with Gasteiger partial charge in [0.25, 0.3) is 0 Å². The first-order valence-corrected chi connectivity index (χ1v) is 7.75. The van der Waals surface area contributed by atoms with Crippen molar-refractivity contribution < 1.29 is 19.4 Å². The summed E-state index contributed by atoms with van der Waals surface area (Å²) in [7, 11) is 3.13. The predicted octanol–water partition coefficient (Wildman–Crippen LogP) is 1.98. The van der Waals surface area contributed by atoms with E-state index in [0.717, 1.165) is 18.4 Å². The summed E-state index contributed by atoms with van der Waals surface area (Å²) < 4.78 is 5.28. The van der Waals surface area contributed by atoms with Crippen LogP contribution in [0.25, 0.3) is 0 Å². The number of carboxylic acids is 1. The van der Waals surface area contributed by atoms with E-state index in [1.54, 1.807) is 19.2 Å². The molecule has 1 aromatic carbocycles. The molecule has 6 nitrogen and oxygen atoms in total. The van der Waals surface area contributed by atoms with Crippen molar-refractivity contribution in [3.05, 3.63) is 29.3 Å². The number of likely N-dealkylation sites (N-methyl/N-ethyl adjacent to an activating group) is 1. The smallest absolute Gasteiger partial charge is 0.325 e. The first kappa shape index (κ1) is 19.0. The molecule has 0 bridgehead atoms. The normalized spacial score (nSPS) is 12.0. The van der Waals surface area contributed by atoms with Crippen LogP contribution in [-0.4, -0.2) is 49.1 Å². The van der Waals surface area contributed by atoms with E-state index in [1.807, 2.05) is 19.9 Å². The first-order valence-electron chi connectivity index (χ1n) is 7.75. The Hall–Kier alpha value is -2.08. The summed E-state index contributed by atoms with van der Waals surface area (Å²) >= 11 is 0. The average Bonchev–Trinajstić information content (AvgIpc) is 2.47. The molecule has 0 spiro atoms. The quantitative estimate of drug-likeness (QED) is 0.680. The van der Waals surface area contributed by atoms with E-state index < -0.39 is 12.0 Å². The highest BCUT2D eigenvalue weighted by molar-refractivity contribution is 5.81. The van der Waals surface area contributed by atoms with Gasteiger partial charge in [-0.1, -0.05) is 31.0 Å². The summed E-state index contributed by atoms with van der Waals surface area (Å²) in [5.41, 5.74) is 1.48. The second kappa shape index (κ2) is 9.15. The third-order valence-electron chi connectivity index (χ3n) is 3.60. The maximum Gasteiger partial charge on any atom is 0.325 e. The van der Waals surface area contributed by atoms with E-state index in [-0.39, 0.29) is 12.5 Å². The number of carbonyl (C=O) groups is 2. The van der Waals surface area contributed by atoms with E-state index in [2.05, 4.69) is 5.32 Å². The van der Waals surface area contributed by atoms with Crippen LogP contribution in [0.1, 0.15) is 36.9 Å². The Bertz CT molecular complexity index is 545. The molecule has 0 saturated heterocycles. The molecule has 0 radical (unpaired) electrons. The Morgan fingerprint density at radius 1 is 1.39 bits per heavy atom. The van der Waals surface area contributed by atoms with Gasteiger partial charge in [-0.05, 0) is 26.5 Å². The Kier molecular flexibility index (Phi) is 7.54. The zero-order valence-electron chi connectivity index (χ0n) is 14.3. The van der Waals surface area contributed by atoms with Crippen LogP contribution in [0.5, 0.6) is 5.75 Å². The van der Waals surface area contributed by atoms with Gasteiger partial charge in [-0.25, -0.2) is 0 Å². The van der Waals surface area contributed by atoms with Gasteiger partial charge in [0.2, 0.25) is 5.91 Å². The number of benzene rings is 1. The summed E-state index contributed by atoms with van der Waals surface area (Å²) in [4.78, 5) is 25.2. The van der Waals surface area contributed by atoms with Gasteiger partial charge in [-0.3, -0.25) is 14.5 Å². The predicted molar refractivity (Wildman–Crippen MR) is 88.7 cm³/mol. The third-order valence-corrected chi connectivity index (χ3v) is 3.60. The number of ether oxygens (including phenoxy) is 1. The molecule has 1 atom stereocenters. The van der Waals surface area contributed by atoms with Crippen LogP contribution in [-0.2, 0) is 9.59 Å². The number of rotatable bonds is 9. The van der Waals surface area contributed by atoms with Gasteiger partial charge in [0.05, 0.1) is 13.7 Å². The number of aryl methyl sites for hydroxylation is 1. The van der Waals surface area contributed by atoms with Gasteiger partial charge in [0.1, 0.15) is 11.8 Å². The Morgan fingerprint density at radius 2 is 2.09 bits per heavy atom. The maximum atomic E-state index is 11.9. The number of unbranched alkanes of at least 4 members (excludes halogenated alkanes) is 1. The van der Waals surface area contributed by atoms with Crippen molar-refractivity contribution in [2.45, 2.75) is 32.7 Å². The molecule has 128 valence electrons. The van der Waals surface area contributed by atoms with Crippen molar-refractivity contribution in [3.8, 4) is 5.75 Å². The third kappa shape index (κ3) is 5.56. The highest BCUT2D eigenvalue weighted by atomic mass is 16.5. The molecular formula is C17H26N2O4. The number of hydrogen-bond acceptors (Lipinski definition) is 4. The lowest BCUT2D eigenvalue weighted by atomic mass is 10.0. The SMILES string of the molecule is CCCCNC(=O)CN(C)[C@H](C(=O)O)c1cc(C)ccc1OC. The molecular weight excluding hydrogens is 296 g/mol. The van der Waals surface area contributed by atoms with E-state index in [9.17, 15) is 14.7 Å². The highest BCUT2D eigenvalue weighted by Gasteiger charge is 2.29. The number of nitrogens with one attached hydrogen (secondary N) is 1. The summed E-state index contributed by atoms with van der Waals surface area (Å²) in [5, 5.41) is 12.4. The fourth-order valence-electron chi connectivity index (χ4n) is 2.40. The molecule has 0 heterocycles. The summed E-state index contributed by atoms with van der Waals surface area (Å²) in [6.07, 6.45) is 1.90. The standard InChI is InChI=1S/C17H26N2O4/c1-5-6-9-18-15(20)11-19(3)16(17(21)22)13-10-12(2)7-8-14(13)23-4/h7-8,10,16H,5-6,9,11H2,1-4H3,(H,18,20)(H,21,22)/t16-/m0/s1. The van der Waals surface area contributed by atoms with Crippen LogP contribution < -0.4 is 10.1 Å². The summed E-state index contributed by atoms with van der Waals surface area (Å²) in [5.74, 6) is -0.696. The molecule has 23 heavy (non-hydrogen) atoms. The number of aliphatic carboxylic acids is 1. The number of hydrogen-bond donors (Lipinski definition) is 2. The van der Waals surface area contributed by atoms with Crippen molar-refractivity contribution in [1.29, 1.82) is 0 Å². The molecule has 1 amide bonds. The van der Waals surface area contributed by atoms with Crippen LogP contribution >= 0.6 is 0 Å². The molecule has 0 unspecified atom stereocenters. The number of methoxy groups -OCH3 is 1. The van der Waals surface area contributed by atoms with E-state index >= 15 is 0 Å². The summed E-state index contributed by atoms with van der Waals surface area (Å²) in [6, 6.07) is 4.44. The lowest BCUT2D eigenvalue weighted by molar-refractivity contribution is -0.143. The van der Waals surface area contributed by atoms with Crippen molar-refractivity contribution in [3.63, 3.8) is 0 Å². The molecule has 1 rings (SSSR count).